The average molecular weight is 390 g/mol. The summed E-state index contributed by atoms with van der Waals surface area (Å²) in [5, 5.41) is 6.46. The minimum absolute atomic E-state index is 0.232. The molecular formula is C21H28FN3OS. The third kappa shape index (κ3) is 7.13. The minimum Gasteiger partial charge on any atom is -0.356 e. The van der Waals surface area contributed by atoms with Gasteiger partial charge in [0.15, 0.2) is 5.96 Å². The Morgan fingerprint density at radius 2 is 1.85 bits per heavy atom. The predicted molar refractivity (Wildman–Crippen MR) is 112 cm³/mol. The number of benzene rings is 2. The Balaban J connectivity index is 1.78. The zero-order valence-electron chi connectivity index (χ0n) is 16.2. The minimum atomic E-state index is -0.930. The van der Waals surface area contributed by atoms with Gasteiger partial charge < -0.3 is 10.6 Å². The average Bonchev–Trinajstić information content (AvgIpc) is 2.65. The molecule has 0 heterocycles. The highest BCUT2D eigenvalue weighted by molar-refractivity contribution is 7.84. The van der Waals surface area contributed by atoms with Gasteiger partial charge in [-0.2, -0.15) is 0 Å². The molecule has 146 valence electrons. The van der Waals surface area contributed by atoms with Crippen LogP contribution in [0.4, 0.5) is 4.39 Å². The fraction of sp³-hybridized carbons (Fsp3) is 0.381. The van der Waals surface area contributed by atoms with Gasteiger partial charge in [-0.25, -0.2) is 4.39 Å². The van der Waals surface area contributed by atoms with Gasteiger partial charge in [-0.15, -0.1) is 0 Å². The monoisotopic (exact) mass is 389 g/mol. The lowest BCUT2D eigenvalue weighted by Gasteiger charge is -2.26. The summed E-state index contributed by atoms with van der Waals surface area (Å²) in [6, 6.07) is 16.5. The highest BCUT2D eigenvalue weighted by atomic mass is 32.2. The normalized spacial score (nSPS) is 13.3. The van der Waals surface area contributed by atoms with Crippen molar-refractivity contribution in [2.45, 2.75) is 25.0 Å². The SMILES string of the molecule is CN=C(NCCS(=O)Cc1ccccc1)NCC(C)(C)c1cccc(F)c1. The first kappa shape index (κ1) is 21.1. The quantitative estimate of drug-likeness (QED) is 0.538. The molecule has 0 saturated carbocycles. The number of nitrogens with one attached hydrogen (secondary N) is 2. The van der Waals surface area contributed by atoms with Crippen LogP contribution in [0.3, 0.4) is 0 Å². The first-order valence-electron chi connectivity index (χ1n) is 9.00. The van der Waals surface area contributed by atoms with E-state index in [2.05, 4.69) is 29.5 Å². The molecule has 2 aromatic rings. The second-order valence-corrected chi connectivity index (χ2v) is 8.60. The van der Waals surface area contributed by atoms with Gasteiger partial charge in [0.1, 0.15) is 5.82 Å². The molecule has 2 rings (SSSR count). The van der Waals surface area contributed by atoms with Crippen LogP contribution in [0.5, 0.6) is 0 Å². The van der Waals surface area contributed by atoms with E-state index in [0.29, 0.717) is 30.6 Å². The van der Waals surface area contributed by atoms with E-state index in [1.165, 1.54) is 6.07 Å². The molecule has 4 nitrogen and oxygen atoms in total. The predicted octanol–water partition coefficient (Wildman–Crippen LogP) is 3.22. The molecule has 0 aliphatic heterocycles. The molecule has 0 fully saturated rings. The van der Waals surface area contributed by atoms with E-state index in [4.69, 9.17) is 0 Å². The van der Waals surface area contributed by atoms with Crippen LogP contribution in [0.25, 0.3) is 0 Å². The molecule has 0 saturated heterocycles. The van der Waals surface area contributed by atoms with E-state index in [9.17, 15) is 8.60 Å². The molecule has 0 aliphatic rings. The van der Waals surface area contributed by atoms with Crippen LogP contribution < -0.4 is 10.6 Å². The van der Waals surface area contributed by atoms with Crippen molar-refractivity contribution in [1.29, 1.82) is 0 Å². The number of hydrogen-bond acceptors (Lipinski definition) is 2. The van der Waals surface area contributed by atoms with Crippen molar-refractivity contribution in [3.63, 3.8) is 0 Å². The molecule has 0 amide bonds. The number of guanidine groups is 1. The van der Waals surface area contributed by atoms with Crippen LogP contribution in [0, 0.1) is 5.82 Å². The van der Waals surface area contributed by atoms with Crippen LogP contribution in [0.15, 0.2) is 59.6 Å². The topological polar surface area (TPSA) is 53.5 Å². The fourth-order valence-electron chi connectivity index (χ4n) is 2.65. The fourth-order valence-corrected chi connectivity index (χ4v) is 3.69. The Hall–Kier alpha value is -2.21. The molecule has 2 aromatic carbocycles. The van der Waals surface area contributed by atoms with E-state index in [0.717, 1.165) is 11.1 Å². The van der Waals surface area contributed by atoms with Crippen molar-refractivity contribution < 1.29 is 8.60 Å². The molecule has 2 N–H and O–H groups in total. The molecule has 6 heteroatoms. The van der Waals surface area contributed by atoms with Gasteiger partial charge in [0.2, 0.25) is 0 Å². The molecule has 1 unspecified atom stereocenters. The van der Waals surface area contributed by atoms with E-state index < -0.39 is 10.8 Å². The van der Waals surface area contributed by atoms with E-state index in [1.807, 2.05) is 36.4 Å². The largest absolute Gasteiger partial charge is 0.356 e. The summed E-state index contributed by atoms with van der Waals surface area (Å²) < 4.78 is 25.7. The van der Waals surface area contributed by atoms with Crippen LogP contribution in [-0.4, -0.2) is 36.1 Å². The van der Waals surface area contributed by atoms with Crippen molar-refractivity contribution in [3.8, 4) is 0 Å². The highest BCUT2D eigenvalue weighted by Crippen LogP contribution is 2.22. The summed E-state index contributed by atoms with van der Waals surface area (Å²) >= 11 is 0. The Morgan fingerprint density at radius 3 is 2.52 bits per heavy atom. The van der Waals surface area contributed by atoms with Crippen LogP contribution in [0.1, 0.15) is 25.0 Å². The zero-order valence-corrected chi connectivity index (χ0v) is 17.0. The number of halogens is 1. The van der Waals surface area contributed by atoms with E-state index in [-0.39, 0.29) is 11.2 Å². The summed E-state index contributed by atoms with van der Waals surface area (Å²) in [5.41, 5.74) is 1.75. The Bertz CT molecular complexity index is 778. The molecule has 0 aromatic heterocycles. The lowest BCUT2D eigenvalue weighted by molar-refractivity contribution is 0.503. The molecule has 1 atom stereocenters. The second kappa shape index (κ2) is 10.2. The van der Waals surface area contributed by atoms with Gasteiger partial charge in [-0.3, -0.25) is 9.20 Å². The Morgan fingerprint density at radius 1 is 1.11 bits per heavy atom. The maximum Gasteiger partial charge on any atom is 0.191 e. The molecule has 0 spiro atoms. The molecule has 27 heavy (non-hydrogen) atoms. The van der Waals surface area contributed by atoms with Crippen molar-refractivity contribution in [2.24, 2.45) is 4.99 Å². The first-order valence-corrected chi connectivity index (χ1v) is 10.5. The molecular weight excluding hydrogens is 361 g/mol. The standard InChI is InChI=1S/C21H28FN3OS/c1-21(2,18-10-7-11-19(22)14-18)16-25-20(23-3)24-12-13-27(26)15-17-8-5-4-6-9-17/h4-11,14H,12-13,15-16H2,1-3H3,(H2,23,24,25). The summed E-state index contributed by atoms with van der Waals surface area (Å²) in [4.78, 5) is 4.20. The second-order valence-electron chi connectivity index (χ2n) is 7.02. The maximum atomic E-state index is 13.5. The molecule has 0 radical (unpaired) electrons. The van der Waals surface area contributed by atoms with E-state index >= 15 is 0 Å². The van der Waals surface area contributed by atoms with Crippen molar-refractivity contribution >= 4 is 16.8 Å². The summed E-state index contributed by atoms with van der Waals surface area (Å²) in [7, 11) is 0.770. The van der Waals surface area contributed by atoms with Gasteiger partial charge >= 0.3 is 0 Å². The van der Waals surface area contributed by atoms with E-state index in [1.54, 1.807) is 19.2 Å². The van der Waals surface area contributed by atoms with Gasteiger partial charge in [-0.1, -0.05) is 56.3 Å². The van der Waals surface area contributed by atoms with Crippen molar-refractivity contribution in [2.75, 3.05) is 25.9 Å². The number of aliphatic imine (C=N–C) groups is 1. The van der Waals surface area contributed by atoms with Crippen LogP contribution in [-0.2, 0) is 22.0 Å². The smallest absolute Gasteiger partial charge is 0.191 e. The Kier molecular flexibility index (Phi) is 7.98. The Labute approximate surface area is 163 Å². The van der Waals surface area contributed by atoms with Crippen molar-refractivity contribution in [1.82, 2.24) is 10.6 Å². The highest BCUT2D eigenvalue weighted by Gasteiger charge is 2.21. The molecule has 0 bridgehead atoms. The zero-order chi connectivity index (χ0) is 19.7. The van der Waals surface area contributed by atoms with Crippen LogP contribution >= 0.6 is 0 Å². The van der Waals surface area contributed by atoms with Gasteiger partial charge in [0.05, 0.1) is 0 Å². The van der Waals surface area contributed by atoms with Gasteiger partial charge in [-0.05, 0) is 23.3 Å². The summed E-state index contributed by atoms with van der Waals surface area (Å²) in [6.45, 7) is 5.27. The number of rotatable bonds is 8. The number of nitrogens with zero attached hydrogens (tertiary/aromatic N) is 1. The third-order valence-electron chi connectivity index (χ3n) is 4.32. The van der Waals surface area contributed by atoms with Gasteiger partial charge in [0.25, 0.3) is 0 Å². The maximum absolute atomic E-state index is 13.5. The lowest BCUT2D eigenvalue weighted by Crippen LogP contribution is -2.44. The lowest BCUT2D eigenvalue weighted by atomic mass is 9.84. The number of hydrogen-bond donors (Lipinski definition) is 2. The third-order valence-corrected chi connectivity index (χ3v) is 5.63. The summed E-state index contributed by atoms with van der Waals surface area (Å²) in [5.74, 6) is 1.52. The van der Waals surface area contributed by atoms with Gasteiger partial charge in [0, 0.05) is 47.9 Å². The summed E-state index contributed by atoms with van der Waals surface area (Å²) in [6.07, 6.45) is 0. The van der Waals surface area contributed by atoms with Crippen LogP contribution in [0.2, 0.25) is 0 Å². The first-order chi connectivity index (χ1) is 12.9. The molecule has 0 aliphatic carbocycles. The van der Waals surface area contributed by atoms with Crippen molar-refractivity contribution in [3.05, 3.63) is 71.5 Å².